The Hall–Kier alpha value is -1.91. The van der Waals surface area contributed by atoms with Gasteiger partial charge in [0.2, 0.25) is 5.91 Å². The van der Waals surface area contributed by atoms with E-state index < -0.39 is 0 Å². The maximum absolute atomic E-state index is 12.4. The van der Waals surface area contributed by atoms with Gasteiger partial charge in [0, 0.05) is 17.2 Å². The predicted molar refractivity (Wildman–Crippen MR) is 110 cm³/mol. The molecule has 0 spiro atoms. The highest BCUT2D eigenvalue weighted by atomic mass is 32.2. The largest absolute Gasteiger partial charge is 0.330 e. The van der Waals surface area contributed by atoms with Crippen LogP contribution in [0.4, 0.5) is 4.79 Å². The maximum atomic E-state index is 12.4. The Balaban J connectivity index is 1.35. The molecule has 10 heteroatoms. The average molecular weight is 423 g/mol. The Bertz CT molecular complexity index is 977. The topological polar surface area (TPSA) is 90.8 Å². The maximum Gasteiger partial charge on any atom is 0.282 e. The Morgan fingerprint density at radius 1 is 1.21 bits per heavy atom. The second kappa shape index (κ2) is 7.84. The number of hydrogen-bond donors (Lipinski definition) is 2. The molecule has 2 aliphatic rings. The number of piperazine rings is 1. The van der Waals surface area contributed by atoms with Crippen molar-refractivity contribution in [3.05, 3.63) is 26.6 Å². The van der Waals surface area contributed by atoms with Gasteiger partial charge in [-0.25, -0.2) is 4.98 Å². The predicted octanol–water partition coefficient (Wildman–Crippen LogP) is -0.00266. The van der Waals surface area contributed by atoms with Gasteiger partial charge in [-0.1, -0.05) is 11.8 Å². The Labute approximate surface area is 170 Å². The van der Waals surface area contributed by atoms with Crippen molar-refractivity contribution in [1.82, 2.24) is 19.8 Å². The van der Waals surface area contributed by atoms with Crippen molar-refractivity contribution >= 4 is 44.5 Å². The normalized spacial score (nSPS) is 18.4. The van der Waals surface area contributed by atoms with Crippen molar-refractivity contribution in [2.75, 3.05) is 45.0 Å². The molecule has 0 unspecified atom stereocenters. The molecule has 0 saturated carbocycles. The van der Waals surface area contributed by atoms with Gasteiger partial charge in [-0.05, 0) is 19.4 Å². The minimum atomic E-state index is -0.0665. The summed E-state index contributed by atoms with van der Waals surface area (Å²) in [6.45, 7) is 8.38. The van der Waals surface area contributed by atoms with E-state index in [9.17, 15) is 14.4 Å². The number of aromatic nitrogens is 2. The number of amides is 2. The number of rotatable bonds is 4. The third-order valence-electron chi connectivity index (χ3n) is 5.50. The first-order valence-corrected chi connectivity index (χ1v) is 11.2. The number of aryl methyl sites for hydroxylation is 2. The molecule has 4 heterocycles. The van der Waals surface area contributed by atoms with Crippen molar-refractivity contribution < 1.29 is 14.5 Å². The van der Waals surface area contributed by atoms with E-state index in [1.54, 1.807) is 16.2 Å². The van der Waals surface area contributed by atoms with Gasteiger partial charge in [-0.2, -0.15) is 0 Å². The van der Waals surface area contributed by atoms with Crippen LogP contribution in [-0.4, -0.2) is 75.9 Å². The molecule has 2 N–H and O–H groups in total. The van der Waals surface area contributed by atoms with Crippen LogP contribution in [-0.2, 0) is 11.3 Å². The summed E-state index contributed by atoms with van der Waals surface area (Å²) in [6.07, 6.45) is 0. The van der Waals surface area contributed by atoms with Gasteiger partial charge >= 0.3 is 0 Å². The van der Waals surface area contributed by atoms with Crippen LogP contribution in [0.2, 0.25) is 0 Å². The summed E-state index contributed by atoms with van der Waals surface area (Å²) < 4.78 is 0. The molecule has 4 rings (SSSR count). The number of hydrogen-bond acceptors (Lipinski definition) is 6. The molecule has 0 bridgehead atoms. The monoisotopic (exact) mass is 422 g/mol. The van der Waals surface area contributed by atoms with E-state index in [1.165, 1.54) is 16.7 Å². The second-order valence-electron chi connectivity index (χ2n) is 7.32. The number of nitrogens with one attached hydrogen (secondary N) is 2. The Morgan fingerprint density at radius 3 is 2.64 bits per heavy atom. The fourth-order valence-electron chi connectivity index (χ4n) is 3.70. The molecule has 28 heavy (non-hydrogen) atoms. The van der Waals surface area contributed by atoms with E-state index in [4.69, 9.17) is 0 Å². The summed E-state index contributed by atoms with van der Waals surface area (Å²) in [7, 11) is 0. The van der Waals surface area contributed by atoms with Gasteiger partial charge in [0.25, 0.3) is 10.8 Å². The van der Waals surface area contributed by atoms with Gasteiger partial charge in [0.05, 0.1) is 31.6 Å². The number of thioether (sulfide) groups is 1. The third kappa shape index (κ3) is 3.81. The van der Waals surface area contributed by atoms with Gasteiger partial charge in [-0.15, -0.1) is 11.3 Å². The Morgan fingerprint density at radius 2 is 1.96 bits per heavy atom. The van der Waals surface area contributed by atoms with Crippen LogP contribution in [0.3, 0.4) is 0 Å². The van der Waals surface area contributed by atoms with E-state index in [1.807, 2.05) is 18.7 Å². The number of thiophene rings is 1. The summed E-state index contributed by atoms with van der Waals surface area (Å²) in [5, 5.41) is 0.702. The summed E-state index contributed by atoms with van der Waals surface area (Å²) in [5.74, 6) is 1.49. The first-order chi connectivity index (χ1) is 13.4. The van der Waals surface area contributed by atoms with E-state index in [0.29, 0.717) is 37.4 Å². The Kier molecular flexibility index (Phi) is 5.44. The molecule has 0 aliphatic carbocycles. The minimum Gasteiger partial charge on any atom is -0.330 e. The van der Waals surface area contributed by atoms with E-state index in [2.05, 4.69) is 9.97 Å². The standard InChI is InChI=1S/C18H23N5O3S2/c1-11-12(2)28-17-15(11)16(25)19-13(20-17)9-21-3-5-22(6-4-21)14(24)10-23-7-8-27-18(23)26/h3-10H2,1-2H3,(H,19,20,25)/p+1. The first-order valence-electron chi connectivity index (χ1n) is 9.44. The zero-order chi connectivity index (χ0) is 19.8. The molecule has 2 fully saturated rings. The highest BCUT2D eigenvalue weighted by Crippen LogP contribution is 2.25. The number of carbonyl (C=O) groups is 2. The van der Waals surface area contributed by atoms with Gasteiger partial charge < -0.3 is 19.7 Å². The quantitative estimate of drug-likeness (QED) is 0.724. The number of nitrogens with zero attached hydrogens (tertiary/aromatic N) is 3. The highest BCUT2D eigenvalue weighted by molar-refractivity contribution is 8.13. The van der Waals surface area contributed by atoms with Crippen LogP contribution in [0, 0.1) is 13.8 Å². The summed E-state index contributed by atoms with van der Waals surface area (Å²) in [6, 6.07) is 0. The van der Waals surface area contributed by atoms with Crippen LogP contribution >= 0.6 is 23.1 Å². The molecular weight excluding hydrogens is 398 g/mol. The lowest BCUT2D eigenvalue weighted by Crippen LogP contribution is -3.13. The lowest BCUT2D eigenvalue weighted by molar-refractivity contribution is -0.918. The van der Waals surface area contributed by atoms with Crippen molar-refractivity contribution in [1.29, 1.82) is 0 Å². The van der Waals surface area contributed by atoms with E-state index in [-0.39, 0.29) is 23.3 Å². The zero-order valence-corrected chi connectivity index (χ0v) is 17.7. The molecule has 2 aromatic heterocycles. The smallest absolute Gasteiger partial charge is 0.282 e. The highest BCUT2D eigenvalue weighted by Gasteiger charge is 2.29. The fourth-order valence-corrected chi connectivity index (χ4v) is 5.58. The lowest BCUT2D eigenvalue weighted by Gasteiger charge is -2.32. The third-order valence-corrected chi connectivity index (χ3v) is 7.49. The molecule has 2 saturated heterocycles. The van der Waals surface area contributed by atoms with E-state index >= 15 is 0 Å². The number of H-pyrrole nitrogens is 1. The molecular formula is C18H24N5O3S2+. The average Bonchev–Trinajstić information content (AvgIpc) is 3.18. The van der Waals surface area contributed by atoms with E-state index in [0.717, 1.165) is 34.1 Å². The number of carbonyl (C=O) groups excluding carboxylic acids is 2. The SMILES string of the molecule is Cc1sc2nc(C[NH+]3CCN(C(=O)CN4CCSC4=O)CC3)[nH]c(=O)c2c1C. The van der Waals surface area contributed by atoms with Crippen molar-refractivity contribution in [2.24, 2.45) is 0 Å². The van der Waals surface area contributed by atoms with Gasteiger partial charge in [-0.3, -0.25) is 14.4 Å². The number of aromatic amines is 1. The molecule has 2 aliphatic heterocycles. The number of quaternary nitrogens is 1. The van der Waals surface area contributed by atoms with Gasteiger partial charge in [0.15, 0.2) is 5.82 Å². The zero-order valence-electron chi connectivity index (χ0n) is 16.0. The molecule has 8 nitrogen and oxygen atoms in total. The molecule has 0 radical (unpaired) electrons. The van der Waals surface area contributed by atoms with Crippen molar-refractivity contribution in [3.8, 4) is 0 Å². The van der Waals surface area contributed by atoms with Crippen molar-refractivity contribution in [2.45, 2.75) is 20.4 Å². The summed E-state index contributed by atoms with van der Waals surface area (Å²) in [4.78, 5) is 50.8. The first kappa shape index (κ1) is 19.4. The molecule has 2 aromatic rings. The van der Waals surface area contributed by atoms with Crippen LogP contribution in [0.1, 0.15) is 16.3 Å². The minimum absolute atomic E-state index is 0.00193. The van der Waals surface area contributed by atoms with Crippen LogP contribution in [0.25, 0.3) is 10.2 Å². The van der Waals surface area contributed by atoms with Crippen LogP contribution in [0.15, 0.2) is 4.79 Å². The second-order valence-corrected chi connectivity index (χ2v) is 9.57. The molecule has 150 valence electrons. The molecule has 0 aromatic carbocycles. The summed E-state index contributed by atoms with van der Waals surface area (Å²) in [5.41, 5.74) is 0.942. The lowest BCUT2D eigenvalue weighted by atomic mass is 10.2. The molecule has 2 amide bonds. The fraction of sp³-hybridized carbons (Fsp3) is 0.556. The van der Waals surface area contributed by atoms with Crippen LogP contribution < -0.4 is 10.5 Å². The van der Waals surface area contributed by atoms with Gasteiger partial charge in [0.1, 0.15) is 17.9 Å². The summed E-state index contributed by atoms with van der Waals surface area (Å²) >= 11 is 2.84. The van der Waals surface area contributed by atoms with Crippen LogP contribution in [0.5, 0.6) is 0 Å². The molecule has 0 atom stereocenters. The van der Waals surface area contributed by atoms with Crippen molar-refractivity contribution in [3.63, 3.8) is 0 Å². The number of fused-ring (bicyclic) bond motifs is 1.